The van der Waals surface area contributed by atoms with Gasteiger partial charge in [0.25, 0.3) is 5.91 Å². The number of imide groups is 1. The van der Waals surface area contributed by atoms with E-state index in [0.717, 1.165) is 5.56 Å². The Morgan fingerprint density at radius 2 is 1.59 bits per heavy atom. The summed E-state index contributed by atoms with van der Waals surface area (Å²) in [4.78, 5) is 38.2. The second kappa shape index (κ2) is 7.94. The molecule has 4 amide bonds. The summed E-state index contributed by atoms with van der Waals surface area (Å²) >= 11 is 0. The smallest absolute Gasteiger partial charge is 0.345 e. The van der Waals surface area contributed by atoms with Gasteiger partial charge in [0.15, 0.2) is 5.54 Å². The van der Waals surface area contributed by atoms with Gasteiger partial charge in [0.2, 0.25) is 5.91 Å². The summed E-state index contributed by atoms with van der Waals surface area (Å²) in [6.07, 6.45) is -4.46. The Balaban J connectivity index is 1.87. The van der Waals surface area contributed by atoms with E-state index >= 15 is 0 Å². The number of nitrogens with zero attached hydrogens (tertiary/aromatic N) is 1. The quantitative estimate of drug-likeness (QED) is 0.725. The molecule has 0 saturated carbocycles. The van der Waals surface area contributed by atoms with Crippen LogP contribution in [0, 0.1) is 0 Å². The summed E-state index contributed by atoms with van der Waals surface area (Å²) in [5, 5.41) is 4.31. The monoisotopic (exact) mass is 405 g/mol. The fourth-order valence-corrected chi connectivity index (χ4v) is 3.21. The lowest BCUT2D eigenvalue weighted by molar-refractivity contribution is -0.141. The van der Waals surface area contributed by atoms with Crippen LogP contribution < -0.4 is 10.6 Å². The van der Waals surface area contributed by atoms with E-state index in [1.807, 2.05) is 6.07 Å². The summed E-state index contributed by atoms with van der Waals surface area (Å²) in [6.45, 7) is -2.34. The second-order valence-electron chi connectivity index (χ2n) is 6.65. The molecule has 152 valence electrons. The van der Waals surface area contributed by atoms with E-state index in [1.54, 1.807) is 59.9 Å². The van der Waals surface area contributed by atoms with Gasteiger partial charge in [0, 0.05) is 6.42 Å². The van der Waals surface area contributed by atoms with Gasteiger partial charge in [-0.15, -0.1) is 0 Å². The first-order valence-corrected chi connectivity index (χ1v) is 8.78. The number of alkyl halides is 3. The normalized spacial score (nSPS) is 19.2. The van der Waals surface area contributed by atoms with Crippen LogP contribution in [0.3, 0.4) is 0 Å². The molecule has 2 aromatic rings. The van der Waals surface area contributed by atoms with Crippen LogP contribution in [-0.4, -0.2) is 42.0 Å². The van der Waals surface area contributed by atoms with Crippen molar-refractivity contribution in [3.8, 4) is 0 Å². The van der Waals surface area contributed by atoms with Crippen LogP contribution in [-0.2, 0) is 21.5 Å². The third-order valence-corrected chi connectivity index (χ3v) is 4.54. The number of nitrogens with one attached hydrogen (secondary N) is 2. The van der Waals surface area contributed by atoms with E-state index in [0.29, 0.717) is 10.5 Å². The van der Waals surface area contributed by atoms with Gasteiger partial charge in [0.1, 0.15) is 13.1 Å². The van der Waals surface area contributed by atoms with Crippen molar-refractivity contribution in [3.63, 3.8) is 0 Å². The van der Waals surface area contributed by atoms with E-state index in [1.165, 1.54) is 0 Å². The highest BCUT2D eigenvalue weighted by atomic mass is 19.4. The molecule has 1 atom stereocenters. The zero-order chi connectivity index (χ0) is 21.1. The molecule has 1 unspecified atom stereocenters. The Morgan fingerprint density at radius 1 is 1.00 bits per heavy atom. The van der Waals surface area contributed by atoms with Crippen LogP contribution in [0.2, 0.25) is 0 Å². The molecule has 6 nitrogen and oxygen atoms in total. The third-order valence-electron chi connectivity index (χ3n) is 4.54. The first-order chi connectivity index (χ1) is 13.7. The molecule has 1 saturated heterocycles. The van der Waals surface area contributed by atoms with Gasteiger partial charge >= 0.3 is 12.2 Å². The van der Waals surface area contributed by atoms with Crippen LogP contribution in [0.15, 0.2) is 60.7 Å². The van der Waals surface area contributed by atoms with Gasteiger partial charge in [-0.3, -0.25) is 14.5 Å². The molecule has 1 aliphatic rings. The Morgan fingerprint density at radius 3 is 2.17 bits per heavy atom. The zero-order valence-electron chi connectivity index (χ0n) is 15.2. The summed E-state index contributed by atoms with van der Waals surface area (Å²) < 4.78 is 36.9. The van der Waals surface area contributed by atoms with Gasteiger partial charge in [-0.05, 0) is 11.1 Å². The van der Waals surface area contributed by atoms with Crippen molar-refractivity contribution in [2.24, 2.45) is 0 Å². The lowest BCUT2D eigenvalue weighted by atomic mass is 9.83. The van der Waals surface area contributed by atoms with Gasteiger partial charge < -0.3 is 10.6 Å². The molecule has 0 aromatic heterocycles. The van der Waals surface area contributed by atoms with Crippen molar-refractivity contribution in [2.45, 2.75) is 18.1 Å². The first kappa shape index (κ1) is 20.4. The number of rotatable bonds is 6. The van der Waals surface area contributed by atoms with Crippen molar-refractivity contribution >= 4 is 17.8 Å². The molecule has 2 N–H and O–H groups in total. The molecular formula is C20H18F3N3O3. The lowest BCUT2D eigenvalue weighted by Crippen LogP contribution is -2.47. The van der Waals surface area contributed by atoms with Crippen molar-refractivity contribution in [1.29, 1.82) is 0 Å². The van der Waals surface area contributed by atoms with Crippen molar-refractivity contribution < 1.29 is 27.6 Å². The molecule has 1 heterocycles. The Kier molecular flexibility index (Phi) is 5.58. The predicted molar refractivity (Wildman–Crippen MR) is 97.6 cm³/mol. The maximum Gasteiger partial charge on any atom is 0.405 e. The number of carbonyl (C=O) groups excluding carboxylic acids is 3. The first-order valence-electron chi connectivity index (χ1n) is 8.78. The molecular weight excluding hydrogens is 387 g/mol. The molecule has 1 aliphatic heterocycles. The van der Waals surface area contributed by atoms with Gasteiger partial charge in [-0.25, -0.2) is 4.79 Å². The van der Waals surface area contributed by atoms with E-state index in [9.17, 15) is 27.6 Å². The average molecular weight is 405 g/mol. The molecule has 1 fully saturated rings. The highest BCUT2D eigenvalue weighted by Gasteiger charge is 2.52. The van der Waals surface area contributed by atoms with Crippen LogP contribution in [0.25, 0.3) is 0 Å². The lowest BCUT2D eigenvalue weighted by Gasteiger charge is -2.27. The largest absolute Gasteiger partial charge is 0.405 e. The zero-order valence-corrected chi connectivity index (χ0v) is 15.2. The van der Waals surface area contributed by atoms with Crippen LogP contribution in [0.1, 0.15) is 11.1 Å². The summed E-state index contributed by atoms with van der Waals surface area (Å²) in [7, 11) is 0. The number of benzene rings is 2. The van der Waals surface area contributed by atoms with Crippen molar-refractivity contribution in [2.75, 3.05) is 13.1 Å². The third kappa shape index (κ3) is 4.56. The molecule has 29 heavy (non-hydrogen) atoms. The number of amides is 4. The minimum atomic E-state index is -4.59. The molecule has 0 bridgehead atoms. The van der Waals surface area contributed by atoms with Crippen molar-refractivity contribution in [3.05, 3.63) is 71.8 Å². The Hall–Kier alpha value is -3.36. The summed E-state index contributed by atoms with van der Waals surface area (Å²) in [6, 6.07) is 16.7. The number of hydrogen-bond acceptors (Lipinski definition) is 3. The molecule has 0 spiro atoms. The van der Waals surface area contributed by atoms with E-state index < -0.39 is 42.7 Å². The summed E-state index contributed by atoms with van der Waals surface area (Å²) in [5.41, 5.74) is -0.168. The standard InChI is InChI=1S/C20H18F3N3O3/c21-20(22,23)13-24-16(27)12-26-17(28)19(25-18(26)29,15-9-5-2-6-10-15)11-14-7-3-1-4-8-14/h1-10H,11-13H2,(H,24,27)(H,25,29). The van der Waals surface area contributed by atoms with Crippen LogP contribution in [0.5, 0.6) is 0 Å². The fourth-order valence-electron chi connectivity index (χ4n) is 3.21. The minimum absolute atomic E-state index is 0.128. The second-order valence-corrected chi connectivity index (χ2v) is 6.65. The highest BCUT2D eigenvalue weighted by molar-refractivity contribution is 6.09. The molecule has 3 rings (SSSR count). The van der Waals surface area contributed by atoms with Gasteiger partial charge in [0.05, 0.1) is 0 Å². The highest BCUT2D eigenvalue weighted by Crippen LogP contribution is 2.32. The van der Waals surface area contributed by atoms with Crippen LogP contribution in [0.4, 0.5) is 18.0 Å². The van der Waals surface area contributed by atoms with Crippen LogP contribution >= 0.6 is 0 Å². The number of halogens is 3. The summed E-state index contributed by atoms with van der Waals surface area (Å²) in [5.74, 6) is -1.77. The van der Waals surface area contributed by atoms with E-state index in [2.05, 4.69) is 5.32 Å². The molecule has 0 radical (unpaired) electrons. The molecule has 0 aliphatic carbocycles. The van der Waals surface area contributed by atoms with Crippen molar-refractivity contribution in [1.82, 2.24) is 15.5 Å². The number of hydrogen-bond donors (Lipinski definition) is 2. The fraction of sp³-hybridized carbons (Fsp3) is 0.250. The van der Waals surface area contributed by atoms with Gasteiger partial charge in [-0.1, -0.05) is 60.7 Å². The topological polar surface area (TPSA) is 78.5 Å². The number of carbonyl (C=O) groups is 3. The Labute approximate surface area is 164 Å². The maximum absolute atomic E-state index is 13.2. The minimum Gasteiger partial charge on any atom is -0.345 e. The average Bonchev–Trinajstić information content (AvgIpc) is 2.92. The molecule has 2 aromatic carbocycles. The molecule has 9 heteroatoms. The SMILES string of the molecule is O=C(CN1C(=O)NC(Cc2ccccc2)(c2ccccc2)C1=O)NCC(F)(F)F. The maximum atomic E-state index is 13.2. The predicted octanol–water partition coefficient (Wildman–Crippen LogP) is 2.35. The van der Waals surface area contributed by atoms with E-state index in [-0.39, 0.29) is 6.42 Å². The number of urea groups is 1. The Bertz CT molecular complexity index is 903. The van der Waals surface area contributed by atoms with E-state index in [4.69, 9.17) is 0 Å². The van der Waals surface area contributed by atoms with Gasteiger partial charge in [-0.2, -0.15) is 13.2 Å².